The number of methoxy groups -OCH3 is 2. The van der Waals surface area contributed by atoms with Crippen molar-refractivity contribution in [2.45, 2.75) is 50.6 Å². The molecule has 0 fully saturated rings. The number of anilines is 1. The Labute approximate surface area is 243 Å². The normalized spacial score (nSPS) is 12.2. The monoisotopic (exact) mass is 581 g/mol. The van der Waals surface area contributed by atoms with Crippen molar-refractivity contribution in [2.24, 2.45) is 0 Å². The Bertz CT molecular complexity index is 1420. The van der Waals surface area contributed by atoms with Crippen LogP contribution in [0.2, 0.25) is 0 Å². The number of ether oxygens (including phenoxy) is 2. The minimum absolute atomic E-state index is 0.00651. The number of sulfonamides is 1. The second kappa shape index (κ2) is 13.5. The van der Waals surface area contributed by atoms with Crippen LogP contribution in [0.25, 0.3) is 0 Å². The first-order chi connectivity index (χ1) is 19.4. The van der Waals surface area contributed by atoms with Gasteiger partial charge >= 0.3 is 0 Å². The highest BCUT2D eigenvalue weighted by Crippen LogP contribution is 2.35. The van der Waals surface area contributed by atoms with Gasteiger partial charge in [-0.1, -0.05) is 48.5 Å². The van der Waals surface area contributed by atoms with Crippen LogP contribution in [0.5, 0.6) is 11.5 Å². The fourth-order valence-electron chi connectivity index (χ4n) is 4.27. The van der Waals surface area contributed by atoms with E-state index in [1.807, 2.05) is 51.1 Å². The van der Waals surface area contributed by atoms with Crippen LogP contribution < -0.4 is 19.1 Å². The third-order valence-electron chi connectivity index (χ3n) is 6.41. The molecule has 0 radical (unpaired) electrons. The SMILES string of the molecule is COc1ccc(OC)c(N(CC(=O)N(CCc2ccccc2)[C@@H](C)C(=O)NC(C)(C)C)S(=O)(=O)c2ccccc2)c1. The van der Waals surface area contributed by atoms with Crippen molar-refractivity contribution in [3.05, 3.63) is 84.4 Å². The largest absolute Gasteiger partial charge is 0.497 e. The van der Waals surface area contributed by atoms with E-state index in [-0.39, 0.29) is 28.8 Å². The van der Waals surface area contributed by atoms with E-state index in [1.165, 1.54) is 37.3 Å². The number of carbonyl (C=O) groups is 2. The van der Waals surface area contributed by atoms with E-state index in [4.69, 9.17) is 9.47 Å². The molecule has 0 aliphatic carbocycles. The van der Waals surface area contributed by atoms with Gasteiger partial charge in [0.2, 0.25) is 11.8 Å². The van der Waals surface area contributed by atoms with Crippen molar-refractivity contribution in [3.8, 4) is 11.5 Å². The number of benzene rings is 3. The van der Waals surface area contributed by atoms with Crippen molar-refractivity contribution in [2.75, 3.05) is 31.6 Å². The molecule has 41 heavy (non-hydrogen) atoms. The van der Waals surface area contributed by atoms with Gasteiger partial charge in [0, 0.05) is 18.2 Å². The molecule has 0 saturated heterocycles. The predicted octanol–water partition coefficient (Wildman–Crippen LogP) is 4.27. The number of carbonyl (C=O) groups excluding carboxylic acids is 2. The molecule has 0 bridgehead atoms. The number of hydrogen-bond acceptors (Lipinski definition) is 6. The average Bonchev–Trinajstić information content (AvgIpc) is 2.95. The molecule has 0 spiro atoms. The predicted molar refractivity (Wildman–Crippen MR) is 160 cm³/mol. The van der Waals surface area contributed by atoms with Gasteiger partial charge in [0.1, 0.15) is 24.1 Å². The lowest BCUT2D eigenvalue weighted by molar-refractivity contribution is -0.139. The number of nitrogens with zero attached hydrogens (tertiary/aromatic N) is 2. The Morgan fingerprint density at radius 1 is 0.902 bits per heavy atom. The van der Waals surface area contributed by atoms with Crippen LogP contribution >= 0.6 is 0 Å². The highest BCUT2D eigenvalue weighted by atomic mass is 32.2. The van der Waals surface area contributed by atoms with Gasteiger partial charge in [0.25, 0.3) is 10.0 Å². The van der Waals surface area contributed by atoms with Gasteiger partial charge in [-0.15, -0.1) is 0 Å². The fourth-order valence-corrected chi connectivity index (χ4v) is 5.71. The molecule has 3 aromatic rings. The van der Waals surface area contributed by atoms with Gasteiger partial charge in [-0.05, 0) is 63.9 Å². The first-order valence-electron chi connectivity index (χ1n) is 13.3. The molecule has 0 aromatic heterocycles. The zero-order chi connectivity index (χ0) is 30.2. The lowest BCUT2D eigenvalue weighted by Gasteiger charge is -2.33. The zero-order valence-corrected chi connectivity index (χ0v) is 25.3. The molecule has 9 nitrogen and oxygen atoms in total. The zero-order valence-electron chi connectivity index (χ0n) is 24.5. The number of nitrogens with one attached hydrogen (secondary N) is 1. The van der Waals surface area contributed by atoms with Crippen molar-refractivity contribution in [1.29, 1.82) is 0 Å². The molecule has 10 heteroatoms. The molecule has 0 heterocycles. The van der Waals surface area contributed by atoms with E-state index in [0.717, 1.165) is 9.87 Å². The number of rotatable bonds is 12. The summed E-state index contributed by atoms with van der Waals surface area (Å²) in [5, 5.41) is 2.93. The van der Waals surface area contributed by atoms with Crippen molar-refractivity contribution < 1.29 is 27.5 Å². The van der Waals surface area contributed by atoms with Crippen molar-refractivity contribution in [3.63, 3.8) is 0 Å². The third kappa shape index (κ3) is 8.23. The smallest absolute Gasteiger partial charge is 0.264 e. The number of amides is 2. The summed E-state index contributed by atoms with van der Waals surface area (Å²) in [7, 11) is -1.34. The summed E-state index contributed by atoms with van der Waals surface area (Å²) in [4.78, 5) is 28.7. The summed E-state index contributed by atoms with van der Waals surface area (Å²) in [6, 6.07) is 21.3. The Morgan fingerprint density at radius 3 is 2.07 bits per heavy atom. The summed E-state index contributed by atoms with van der Waals surface area (Å²) in [6.07, 6.45) is 0.480. The van der Waals surface area contributed by atoms with Crippen LogP contribution in [0.3, 0.4) is 0 Å². The molecule has 0 aliphatic heterocycles. The molecule has 0 saturated carbocycles. The summed E-state index contributed by atoms with van der Waals surface area (Å²) in [6.45, 7) is 6.86. The maximum Gasteiger partial charge on any atom is 0.264 e. The lowest BCUT2D eigenvalue weighted by atomic mass is 10.1. The van der Waals surface area contributed by atoms with Gasteiger partial charge in [0.05, 0.1) is 24.8 Å². The van der Waals surface area contributed by atoms with Crippen LogP contribution in [0.4, 0.5) is 5.69 Å². The molecule has 1 atom stereocenters. The summed E-state index contributed by atoms with van der Waals surface area (Å²) in [5.74, 6) is -0.245. The second-order valence-corrected chi connectivity index (χ2v) is 12.5. The number of hydrogen-bond donors (Lipinski definition) is 1. The highest BCUT2D eigenvalue weighted by molar-refractivity contribution is 7.92. The van der Waals surface area contributed by atoms with Crippen LogP contribution in [-0.2, 0) is 26.0 Å². The molecule has 3 rings (SSSR count). The van der Waals surface area contributed by atoms with E-state index in [1.54, 1.807) is 37.3 Å². The Kier molecular flexibility index (Phi) is 10.4. The Morgan fingerprint density at radius 2 is 1.51 bits per heavy atom. The minimum atomic E-state index is -4.23. The quantitative estimate of drug-likeness (QED) is 0.343. The van der Waals surface area contributed by atoms with Gasteiger partial charge in [0.15, 0.2) is 0 Å². The molecule has 2 amide bonds. The average molecular weight is 582 g/mol. The molecule has 0 aliphatic rings. The molecule has 1 N–H and O–H groups in total. The van der Waals surface area contributed by atoms with Crippen LogP contribution in [-0.4, -0.2) is 64.0 Å². The molecule has 220 valence electrons. The van der Waals surface area contributed by atoms with Crippen LogP contribution in [0, 0.1) is 0 Å². The van der Waals surface area contributed by atoms with Gasteiger partial charge in [-0.3, -0.25) is 13.9 Å². The Balaban J connectivity index is 2.06. The molecule has 0 unspecified atom stereocenters. The summed E-state index contributed by atoms with van der Waals surface area (Å²) in [5.41, 5.74) is 0.603. The molecule has 3 aromatic carbocycles. The summed E-state index contributed by atoms with van der Waals surface area (Å²) < 4.78 is 39.9. The second-order valence-electron chi connectivity index (χ2n) is 10.6. The van der Waals surface area contributed by atoms with Crippen molar-refractivity contribution in [1.82, 2.24) is 10.2 Å². The van der Waals surface area contributed by atoms with Crippen LogP contribution in [0.15, 0.2) is 83.8 Å². The van der Waals surface area contributed by atoms with E-state index >= 15 is 0 Å². The van der Waals surface area contributed by atoms with E-state index < -0.39 is 34.1 Å². The fraction of sp³-hybridized carbons (Fsp3) is 0.355. The van der Waals surface area contributed by atoms with Gasteiger partial charge < -0.3 is 19.7 Å². The van der Waals surface area contributed by atoms with E-state index in [2.05, 4.69) is 5.32 Å². The maximum absolute atomic E-state index is 14.1. The minimum Gasteiger partial charge on any atom is -0.497 e. The van der Waals surface area contributed by atoms with E-state index in [0.29, 0.717) is 12.2 Å². The van der Waals surface area contributed by atoms with Crippen molar-refractivity contribution >= 4 is 27.5 Å². The first kappa shape index (κ1) is 31.5. The highest BCUT2D eigenvalue weighted by Gasteiger charge is 2.34. The lowest BCUT2D eigenvalue weighted by Crippen LogP contribution is -2.55. The molecular weight excluding hydrogens is 542 g/mol. The third-order valence-corrected chi connectivity index (χ3v) is 8.19. The topological polar surface area (TPSA) is 105 Å². The standard InChI is InChI=1S/C31H39N3O6S/c1-23(30(36)32-31(2,3)4)33(20-19-24-13-9-7-10-14-24)29(35)22-34(41(37,38)26-15-11-8-12-16-26)27-21-25(39-5)17-18-28(27)40-6/h7-18,21,23H,19-20,22H2,1-6H3,(H,32,36)/t23-/m0/s1. The Hall–Kier alpha value is -4.05. The van der Waals surface area contributed by atoms with E-state index in [9.17, 15) is 18.0 Å². The van der Waals surface area contributed by atoms with Gasteiger partial charge in [-0.25, -0.2) is 8.42 Å². The molecular formula is C31H39N3O6S. The van der Waals surface area contributed by atoms with Gasteiger partial charge in [-0.2, -0.15) is 0 Å². The maximum atomic E-state index is 14.1. The van der Waals surface area contributed by atoms with Crippen LogP contribution in [0.1, 0.15) is 33.3 Å². The first-order valence-corrected chi connectivity index (χ1v) is 14.8. The summed E-state index contributed by atoms with van der Waals surface area (Å²) >= 11 is 0.